The molecule has 0 saturated carbocycles. The molecule has 0 aliphatic carbocycles. The minimum absolute atomic E-state index is 0.246. The quantitative estimate of drug-likeness (QED) is 0.587. The minimum atomic E-state index is -3.67. The van der Waals surface area contributed by atoms with E-state index in [1.165, 1.54) is 11.6 Å². The molecule has 1 aromatic carbocycles. The summed E-state index contributed by atoms with van der Waals surface area (Å²) in [5.41, 5.74) is 1.19. The lowest BCUT2D eigenvalue weighted by molar-refractivity contribution is 0.0284. The third kappa shape index (κ3) is 5.50. The Labute approximate surface area is 135 Å². The van der Waals surface area contributed by atoms with Gasteiger partial charge < -0.3 is 4.74 Å². The minimum Gasteiger partial charge on any atom is -0.381 e. The molecule has 4 nitrogen and oxygen atoms in total. The topological polar surface area (TPSA) is 52.6 Å². The molecule has 22 heavy (non-hydrogen) atoms. The van der Waals surface area contributed by atoms with Gasteiger partial charge in [-0.2, -0.15) is 8.42 Å². The number of benzene rings is 1. The molecule has 1 heterocycles. The molecule has 0 bridgehead atoms. The van der Waals surface area contributed by atoms with Crippen molar-refractivity contribution in [1.29, 1.82) is 0 Å². The van der Waals surface area contributed by atoms with Crippen molar-refractivity contribution >= 4 is 18.2 Å². The highest BCUT2D eigenvalue weighted by Gasteiger charge is 2.23. The van der Waals surface area contributed by atoms with Crippen molar-refractivity contribution in [3.8, 4) is 0 Å². The van der Waals surface area contributed by atoms with Gasteiger partial charge in [0.05, 0.1) is 11.0 Å². The van der Waals surface area contributed by atoms with Crippen LogP contribution in [0.25, 0.3) is 0 Å². The van der Waals surface area contributed by atoms with Crippen molar-refractivity contribution in [2.75, 3.05) is 13.2 Å². The number of aryl methyl sites for hydroxylation is 1. The first kappa shape index (κ1) is 17.7. The van der Waals surface area contributed by atoms with Crippen molar-refractivity contribution in [1.82, 2.24) is 0 Å². The van der Waals surface area contributed by atoms with Crippen molar-refractivity contribution < 1.29 is 17.3 Å². The van der Waals surface area contributed by atoms with E-state index in [2.05, 4.69) is 19.6 Å². The van der Waals surface area contributed by atoms with Crippen LogP contribution in [0.4, 0.5) is 0 Å². The van der Waals surface area contributed by atoms with Gasteiger partial charge >= 0.3 is 0 Å². The molecule has 1 aliphatic heterocycles. The highest BCUT2D eigenvalue weighted by Crippen LogP contribution is 2.21. The first-order chi connectivity index (χ1) is 10.3. The molecule has 2 rings (SSSR count). The SMILES string of the molecule is C[Si](C)(C)CCc1ccc(S(=O)(=O)OC2CCOCC2)cc1. The van der Waals surface area contributed by atoms with Gasteiger partial charge in [-0.15, -0.1) is 0 Å². The van der Waals surface area contributed by atoms with Gasteiger partial charge in [0.1, 0.15) is 0 Å². The summed E-state index contributed by atoms with van der Waals surface area (Å²) in [6, 6.07) is 8.33. The van der Waals surface area contributed by atoms with Crippen LogP contribution in [0.2, 0.25) is 25.7 Å². The predicted molar refractivity (Wildman–Crippen MR) is 90.4 cm³/mol. The maximum Gasteiger partial charge on any atom is 0.297 e. The second kappa shape index (κ2) is 7.25. The Morgan fingerprint density at radius 2 is 1.73 bits per heavy atom. The van der Waals surface area contributed by atoms with Crippen LogP contribution in [0.3, 0.4) is 0 Å². The summed E-state index contributed by atoms with van der Waals surface area (Å²) in [6.07, 6.45) is 2.02. The molecule has 0 unspecified atom stereocenters. The molecule has 124 valence electrons. The van der Waals surface area contributed by atoms with Crippen molar-refractivity contribution in [3.05, 3.63) is 29.8 Å². The summed E-state index contributed by atoms with van der Waals surface area (Å²) >= 11 is 0. The Bertz CT molecular complexity index is 569. The number of ether oxygens (including phenoxy) is 1. The van der Waals surface area contributed by atoms with Crippen LogP contribution in [0, 0.1) is 0 Å². The maximum atomic E-state index is 12.3. The first-order valence-corrected chi connectivity index (χ1v) is 13.0. The highest BCUT2D eigenvalue weighted by atomic mass is 32.2. The second-order valence-corrected chi connectivity index (χ2v) is 14.3. The van der Waals surface area contributed by atoms with E-state index in [1.807, 2.05) is 12.1 Å². The van der Waals surface area contributed by atoms with Crippen LogP contribution in [-0.2, 0) is 25.5 Å². The van der Waals surface area contributed by atoms with E-state index in [1.54, 1.807) is 12.1 Å². The van der Waals surface area contributed by atoms with E-state index in [0.717, 1.165) is 6.42 Å². The summed E-state index contributed by atoms with van der Waals surface area (Å²) in [7, 11) is -4.74. The second-order valence-electron chi connectivity index (χ2n) is 7.07. The molecule has 0 amide bonds. The van der Waals surface area contributed by atoms with E-state index in [9.17, 15) is 8.42 Å². The summed E-state index contributed by atoms with van der Waals surface area (Å²) in [6.45, 7) is 8.15. The molecule has 0 N–H and O–H groups in total. The lowest BCUT2D eigenvalue weighted by Gasteiger charge is -2.21. The van der Waals surface area contributed by atoms with Gasteiger partial charge in [0, 0.05) is 21.3 Å². The Morgan fingerprint density at radius 3 is 2.27 bits per heavy atom. The third-order valence-corrected chi connectivity index (χ3v) is 6.93. The van der Waals surface area contributed by atoms with Crippen LogP contribution < -0.4 is 0 Å². The zero-order valence-electron chi connectivity index (χ0n) is 13.7. The summed E-state index contributed by atoms with van der Waals surface area (Å²) < 4.78 is 35.1. The molecule has 0 radical (unpaired) electrons. The van der Waals surface area contributed by atoms with E-state index in [4.69, 9.17) is 8.92 Å². The molecular formula is C16H26O4SSi. The Hall–Kier alpha value is -0.693. The summed E-state index contributed by atoms with van der Waals surface area (Å²) in [4.78, 5) is 0.246. The normalized spacial score (nSPS) is 17.6. The fraction of sp³-hybridized carbons (Fsp3) is 0.625. The first-order valence-electron chi connectivity index (χ1n) is 7.86. The molecule has 1 aliphatic rings. The smallest absolute Gasteiger partial charge is 0.297 e. The van der Waals surface area contributed by atoms with Crippen molar-refractivity contribution in [3.63, 3.8) is 0 Å². The van der Waals surface area contributed by atoms with Gasteiger partial charge in [-0.3, -0.25) is 4.18 Å². The number of hydrogen-bond acceptors (Lipinski definition) is 4. The van der Waals surface area contributed by atoms with Gasteiger partial charge in [0.25, 0.3) is 10.1 Å². The van der Waals surface area contributed by atoms with Crippen LogP contribution in [-0.4, -0.2) is 35.8 Å². The molecule has 0 atom stereocenters. The van der Waals surface area contributed by atoms with Gasteiger partial charge in [-0.1, -0.05) is 37.8 Å². The van der Waals surface area contributed by atoms with E-state index >= 15 is 0 Å². The molecule has 0 spiro atoms. The molecule has 1 saturated heterocycles. The van der Waals surface area contributed by atoms with Gasteiger partial charge in [0.2, 0.25) is 0 Å². The van der Waals surface area contributed by atoms with Gasteiger partial charge in [0.15, 0.2) is 0 Å². The lowest BCUT2D eigenvalue weighted by atomic mass is 10.2. The number of rotatable bonds is 6. The lowest BCUT2D eigenvalue weighted by Crippen LogP contribution is -2.26. The third-order valence-electron chi connectivity index (χ3n) is 3.81. The predicted octanol–water partition coefficient (Wildman–Crippen LogP) is 3.45. The van der Waals surface area contributed by atoms with Crippen molar-refractivity contribution in [2.45, 2.75) is 55.9 Å². The zero-order valence-corrected chi connectivity index (χ0v) is 15.5. The van der Waals surface area contributed by atoms with Gasteiger partial charge in [-0.05, 0) is 37.0 Å². The van der Waals surface area contributed by atoms with Crippen molar-refractivity contribution in [2.24, 2.45) is 0 Å². The van der Waals surface area contributed by atoms with Gasteiger partial charge in [-0.25, -0.2) is 0 Å². The Kier molecular flexibility index (Phi) is 5.82. The Balaban J connectivity index is 1.99. The molecule has 1 aromatic rings. The molecule has 1 fully saturated rings. The number of hydrogen-bond donors (Lipinski definition) is 0. The summed E-state index contributed by atoms with van der Waals surface area (Å²) in [5.74, 6) is 0. The van der Waals surface area contributed by atoms with Crippen LogP contribution >= 0.6 is 0 Å². The zero-order chi connectivity index (χ0) is 16.2. The standard InChI is InChI=1S/C16H26O4SSi/c1-22(2,3)13-10-14-4-6-16(7-5-14)21(17,18)20-15-8-11-19-12-9-15/h4-7,15H,8-13H2,1-3H3. The van der Waals surface area contributed by atoms with Crippen LogP contribution in [0.5, 0.6) is 0 Å². The molecular weight excluding hydrogens is 316 g/mol. The van der Waals surface area contributed by atoms with E-state index in [0.29, 0.717) is 26.1 Å². The average molecular weight is 343 g/mol. The highest BCUT2D eigenvalue weighted by molar-refractivity contribution is 7.86. The monoisotopic (exact) mass is 342 g/mol. The fourth-order valence-corrected chi connectivity index (χ4v) is 4.52. The molecule has 6 heteroatoms. The Morgan fingerprint density at radius 1 is 1.14 bits per heavy atom. The fourth-order valence-electron chi connectivity index (χ4n) is 2.35. The van der Waals surface area contributed by atoms with E-state index < -0.39 is 18.2 Å². The maximum absolute atomic E-state index is 12.3. The average Bonchev–Trinajstić information content (AvgIpc) is 2.45. The van der Waals surface area contributed by atoms with Crippen LogP contribution in [0.1, 0.15) is 18.4 Å². The molecule has 0 aromatic heterocycles. The van der Waals surface area contributed by atoms with E-state index in [-0.39, 0.29) is 11.0 Å². The largest absolute Gasteiger partial charge is 0.381 e. The van der Waals surface area contributed by atoms with Crippen LogP contribution in [0.15, 0.2) is 29.2 Å². The summed E-state index contributed by atoms with van der Waals surface area (Å²) in [5, 5.41) is 0.